The molecule has 0 saturated heterocycles. The number of carbonyl (C=O) groups is 3. The lowest BCUT2D eigenvalue weighted by Gasteiger charge is -2.10. The zero-order chi connectivity index (χ0) is 19.9. The van der Waals surface area contributed by atoms with E-state index >= 15 is 0 Å². The molecule has 0 bridgehead atoms. The average molecular weight is 382 g/mol. The van der Waals surface area contributed by atoms with E-state index in [4.69, 9.17) is 9.15 Å². The fraction of sp³-hybridized carbons (Fsp3) is 0.0500. The number of anilines is 2. The maximum atomic E-state index is 12.9. The number of esters is 1. The molecule has 142 valence electrons. The molecule has 0 fully saturated rings. The maximum Gasteiger partial charge on any atom is 0.340 e. The number of amides is 2. The van der Waals surface area contributed by atoms with E-state index in [-0.39, 0.29) is 17.0 Å². The minimum Gasteiger partial charge on any atom is -0.459 e. The van der Waals surface area contributed by atoms with Gasteiger partial charge in [-0.3, -0.25) is 9.59 Å². The lowest BCUT2D eigenvalue weighted by Crippen LogP contribution is -2.22. The second-order valence-corrected chi connectivity index (χ2v) is 5.61. The first-order valence-electron chi connectivity index (χ1n) is 8.19. The van der Waals surface area contributed by atoms with E-state index in [9.17, 15) is 18.8 Å². The van der Waals surface area contributed by atoms with Gasteiger partial charge in [0.25, 0.3) is 11.8 Å². The van der Waals surface area contributed by atoms with Gasteiger partial charge in [-0.15, -0.1) is 0 Å². The van der Waals surface area contributed by atoms with Crippen molar-refractivity contribution in [2.24, 2.45) is 0 Å². The van der Waals surface area contributed by atoms with Crippen LogP contribution in [0, 0.1) is 5.82 Å². The molecule has 3 aromatic rings. The summed E-state index contributed by atoms with van der Waals surface area (Å²) in [6.45, 7) is -0.545. The number of rotatable bonds is 6. The van der Waals surface area contributed by atoms with Crippen molar-refractivity contribution in [3.63, 3.8) is 0 Å². The minimum atomic E-state index is -0.787. The summed E-state index contributed by atoms with van der Waals surface area (Å²) in [5.41, 5.74) is 0.665. The van der Waals surface area contributed by atoms with Gasteiger partial charge in [0, 0.05) is 5.69 Å². The highest BCUT2D eigenvalue weighted by atomic mass is 19.1. The molecule has 0 aliphatic rings. The Kier molecular flexibility index (Phi) is 5.81. The predicted molar refractivity (Wildman–Crippen MR) is 98.4 cm³/mol. The molecule has 1 aromatic heterocycles. The van der Waals surface area contributed by atoms with Crippen LogP contribution >= 0.6 is 0 Å². The van der Waals surface area contributed by atoms with Crippen LogP contribution in [0.1, 0.15) is 20.9 Å². The molecule has 0 radical (unpaired) electrons. The van der Waals surface area contributed by atoms with Crippen LogP contribution in [-0.4, -0.2) is 24.4 Å². The highest BCUT2D eigenvalue weighted by molar-refractivity contribution is 6.07. The Balaban J connectivity index is 1.60. The molecule has 7 nitrogen and oxygen atoms in total. The molecular weight excluding hydrogens is 367 g/mol. The smallest absolute Gasteiger partial charge is 0.340 e. The van der Waals surface area contributed by atoms with Crippen molar-refractivity contribution < 1.29 is 27.9 Å². The highest BCUT2D eigenvalue weighted by Gasteiger charge is 2.17. The molecule has 8 heteroatoms. The zero-order valence-corrected chi connectivity index (χ0v) is 14.5. The SMILES string of the molecule is O=C(COC(=O)c1ccccc1NC(=O)c1ccco1)Nc1ccc(F)cc1. The molecule has 0 aliphatic heterocycles. The van der Waals surface area contributed by atoms with Crippen molar-refractivity contribution in [2.45, 2.75) is 0 Å². The van der Waals surface area contributed by atoms with E-state index < -0.39 is 30.2 Å². The summed E-state index contributed by atoms with van der Waals surface area (Å²) in [7, 11) is 0. The van der Waals surface area contributed by atoms with E-state index in [1.807, 2.05) is 0 Å². The molecule has 1 heterocycles. The molecule has 0 atom stereocenters. The van der Waals surface area contributed by atoms with Gasteiger partial charge >= 0.3 is 5.97 Å². The number of nitrogens with one attached hydrogen (secondary N) is 2. The second-order valence-electron chi connectivity index (χ2n) is 5.61. The average Bonchev–Trinajstić information content (AvgIpc) is 3.23. The van der Waals surface area contributed by atoms with Crippen molar-refractivity contribution in [3.05, 3.63) is 84.1 Å². The van der Waals surface area contributed by atoms with Gasteiger partial charge < -0.3 is 19.8 Å². The van der Waals surface area contributed by atoms with Crippen molar-refractivity contribution in [2.75, 3.05) is 17.2 Å². The van der Waals surface area contributed by atoms with Crippen molar-refractivity contribution in [1.29, 1.82) is 0 Å². The molecule has 0 aliphatic carbocycles. The van der Waals surface area contributed by atoms with Crippen molar-refractivity contribution in [1.82, 2.24) is 0 Å². The Hall–Kier alpha value is -3.94. The van der Waals surface area contributed by atoms with Crippen LogP contribution in [0.5, 0.6) is 0 Å². The molecule has 2 aromatic carbocycles. The summed E-state index contributed by atoms with van der Waals surface area (Å²) in [6.07, 6.45) is 1.36. The first kappa shape index (κ1) is 18.8. The molecular formula is C20H15FN2O5. The third-order valence-electron chi connectivity index (χ3n) is 3.60. The van der Waals surface area contributed by atoms with Crippen LogP contribution < -0.4 is 10.6 Å². The van der Waals surface area contributed by atoms with Crippen LogP contribution in [0.25, 0.3) is 0 Å². The Labute approximate surface area is 159 Å². The number of ether oxygens (including phenoxy) is 1. The summed E-state index contributed by atoms with van der Waals surface area (Å²) in [6, 6.07) is 14.4. The van der Waals surface area contributed by atoms with Gasteiger partial charge in [-0.2, -0.15) is 0 Å². The number of hydrogen-bond donors (Lipinski definition) is 2. The number of hydrogen-bond acceptors (Lipinski definition) is 5. The highest BCUT2D eigenvalue weighted by Crippen LogP contribution is 2.18. The summed E-state index contributed by atoms with van der Waals surface area (Å²) in [5.74, 6) is -2.25. The molecule has 0 unspecified atom stereocenters. The summed E-state index contributed by atoms with van der Waals surface area (Å²) < 4.78 is 22.9. The topological polar surface area (TPSA) is 97.6 Å². The van der Waals surface area contributed by atoms with Gasteiger partial charge in [0.05, 0.1) is 17.5 Å². The van der Waals surface area contributed by atoms with Crippen LogP contribution in [0.3, 0.4) is 0 Å². The van der Waals surface area contributed by atoms with Gasteiger partial charge in [-0.25, -0.2) is 9.18 Å². The Morgan fingerprint density at radius 3 is 2.39 bits per heavy atom. The number of furan rings is 1. The standard InChI is InChI=1S/C20H15FN2O5/c21-13-7-9-14(10-8-13)22-18(24)12-28-20(26)15-4-1-2-5-16(15)23-19(25)17-6-3-11-27-17/h1-11H,12H2,(H,22,24)(H,23,25). The lowest BCUT2D eigenvalue weighted by molar-refractivity contribution is -0.119. The molecule has 2 amide bonds. The second kappa shape index (κ2) is 8.63. The molecule has 0 spiro atoms. The first-order chi connectivity index (χ1) is 13.5. The Bertz CT molecular complexity index is 984. The first-order valence-corrected chi connectivity index (χ1v) is 8.19. The zero-order valence-electron chi connectivity index (χ0n) is 14.5. The lowest BCUT2D eigenvalue weighted by atomic mass is 10.1. The Morgan fingerprint density at radius 1 is 0.929 bits per heavy atom. The number of halogens is 1. The molecule has 3 rings (SSSR count). The van der Waals surface area contributed by atoms with Crippen LogP contribution in [0.4, 0.5) is 15.8 Å². The van der Waals surface area contributed by atoms with Gasteiger partial charge in [-0.1, -0.05) is 12.1 Å². The molecule has 0 saturated carbocycles. The summed E-state index contributed by atoms with van der Waals surface area (Å²) in [5, 5.41) is 5.03. The maximum absolute atomic E-state index is 12.9. The van der Waals surface area contributed by atoms with E-state index in [0.717, 1.165) is 0 Å². The fourth-order valence-corrected chi connectivity index (χ4v) is 2.30. The van der Waals surface area contributed by atoms with Gasteiger partial charge in [0.1, 0.15) is 5.82 Å². The fourth-order valence-electron chi connectivity index (χ4n) is 2.30. The predicted octanol–water partition coefficient (Wildman–Crippen LogP) is 3.47. The normalized spacial score (nSPS) is 10.2. The van der Waals surface area contributed by atoms with Gasteiger partial charge in [0.2, 0.25) is 0 Å². The minimum absolute atomic E-state index is 0.0805. The monoisotopic (exact) mass is 382 g/mol. The summed E-state index contributed by atoms with van der Waals surface area (Å²) >= 11 is 0. The van der Waals surface area contributed by atoms with E-state index in [1.54, 1.807) is 18.2 Å². The van der Waals surface area contributed by atoms with Crippen molar-refractivity contribution >= 4 is 29.2 Å². The number of carbonyl (C=O) groups excluding carboxylic acids is 3. The molecule has 2 N–H and O–H groups in total. The van der Waals surface area contributed by atoms with Crippen LogP contribution in [0.15, 0.2) is 71.3 Å². The largest absolute Gasteiger partial charge is 0.459 e. The quantitative estimate of drug-likeness (QED) is 0.636. The van der Waals surface area contributed by atoms with E-state index in [2.05, 4.69) is 10.6 Å². The third kappa shape index (κ3) is 4.82. The number of benzene rings is 2. The number of para-hydroxylation sites is 1. The van der Waals surface area contributed by atoms with Crippen LogP contribution in [0.2, 0.25) is 0 Å². The van der Waals surface area contributed by atoms with Gasteiger partial charge in [0.15, 0.2) is 12.4 Å². The van der Waals surface area contributed by atoms with E-state index in [0.29, 0.717) is 5.69 Å². The van der Waals surface area contributed by atoms with Crippen LogP contribution in [-0.2, 0) is 9.53 Å². The Morgan fingerprint density at radius 2 is 1.68 bits per heavy atom. The molecule has 28 heavy (non-hydrogen) atoms. The van der Waals surface area contributed by atoms with E-state index in [1.165, 1.54) is 48.7 Å². The van der Waals surface area contributed by atoms with Crippen molar-refractivity contribution in [3.8, 4) is 0 Å². The third-order valence-corrected chi connectivity index (χ3v) is 3.60. The van der Waals surface area contributed by atoms with Gasteiger partial charge in [-0.05, 0) is 48.5 Å². The summed E-state index contributed by atoms with van der Waals surface area (Å²) in [4.78, 5) is 36.3.